The van der Waals surface area contributed by atoms with E-state index >= 15 is 0 Å². The van der Waals surface area contributed by atoms with E-state index in [-0.39, 0.29) is 25.0 Å². The lowest BCUT2D eigenvalue weighted by Gasteiger charge is -2.25. The monoisotopic (exact) mass is 358 g/mol. The highest BCUT2D eigenvalue weighted by molar-refractivity contribution is 9.10. The van der Waals surface area contributed by atoms with Crippen LogP contribution in [0.15, 0.2) is 16.7 Å². The van der Waals surface area contributed by atoms with Crippen LogP contribution in [0.3, 0.4) is 0 Å². The Morgan fingerprint density at radius 3 is 2.86 bits per heavy atom. The van der Waals surface area contributed by atoms with Crippen molar-refractivity contribution in [1.29, 1.82) is 0 Å². The van der Waals surface area contributed by atoms with E-state index in [1.165, 1.54) is 0 Å². The number of aryl methyl sites for hydroxylation is 1. The molecule has 6 nitrogen and oxygen atoms in total. The van der Waals surface area contributed by atoms with Gasteiger partial charge in [-0.15, -0.1) is 0 Å². The van der Waals surface area contributed by atoms with Crippen LogP contribution in [-0.2, 0) is 16.6 Å². The summed E-state index contributed by atoms with van der Waals surface area (Å²) in [6, 6.07) is 1.74. The number of carbonyl (C=O) groups excluding carboxylic acids is 1. The van der Waals surface area contributed by atoms with Crippen molar-refractivity contribution in [2.75, 3.05) is 19.7 Å². The van der Waals surface area contributed by atoms with Crippen LogP contribution >= 0.6 is 15.9 Å². The molecule has 0 aliphatic carbocycles. The second kappa shape index (κ2) is 7.09. The van der Waals surface area contributed by atoms with Crippen molar-refractivity contribution in [1.82, 2.24) is 9.47 Å². The SMILES string of the molecule is Cn1cc(Br)cc1C(=O)N(CCC(=O)O)C[C@@H]1CCCO1. The molecule has 0 bridgehead atoms. The van der Waals surface area contributed by atoms with Gasteiger partial charge in [0.1, 0.15) is 5.69 Å². The lowest BCUT2D eigenvalue weighted by atomic mass is 10.2. The Kier molecular flexibility index (Phi) is 5.41. The molecule has 1 fully saturated rings. The van der Waals surface area contributed by atoms with E-state index in [0.29, 0.717) is 18.8 Å². The number of hydrogen-bond donors (Lipinski definition) is 1. The molecule has 0 spiro atoms. The zero-order valence-corrected chi connectivity index (χ0v) is 13.5. The van der Waals surface area contributed by atoms with Crippen LogP contribution in [0, 0.1) is 0 Å². The Labute approximate surface area is 131 Å². The summed E-state index contributed by atoms with van der Waals surface area (Å²) in [6.45, 7) is 1.34. The van der Waals surface area contributed by atoms with E-state index in [1.807, 2.05) is 0 Å². The molecule has 1 amide bonds. The smallest absolute Gasteiger partial charge is 0.305 e. The summed E-state index contributed by atoms with van der Waals surface area (Å²) >= 11 is 3.34. The van der Waals surface area contributed by atoms with E-state index in [0.717, 1.165) is 17.3 Å². The third kappa shape index (κ3) is 4.31. The quantitative estimate of drug-likeness (QED) is 0.842. The molecule has 0 aromatic carbocycles. The maximum absolute atomic E-state index is 12.6. The molecule has 1 aromatic heterocycles. The number of nitrogens with zero attached hydrogens (tertiary/aromatic N) is 2. The van der Waals surface area contributed by atoms with Gasteiger partial charge in [0.05, 0.1) is 12.5 Å². The summed E-state index contributed by atoms with van der Waals surface area (Å²) in [5.74, 6) is -1.08. The maximum atomic E-state index is 12.6. The van der Waals surface area contributed by atoms with Gasteiger partial charge in [-0.25, -0.2) is 0 Å². The molecule has 116 valence electrons. The highest BCUT2D eigenvalue weighted by Gasteiger charge is 2.25. The van der Waals surface area contributed by atoms with Crippen molar-refractivity contribution in [3.8, 4) is 0 Å². The van der Waals surface area contributed by atoms with Crippen molar-refractivity contribution in [3.63, 3.8) is 0 Å². The average Bonchev–Trinajstić information content (AvgIpc) is 3.03. The van der Waals surface area contributed by atoms with Gasteiger partial charge in [0.2, 0.25) is 0 Å². The minimum absolute atomic E-state index is 0.00598. The van der Waals surface area contributed by atoms with Gasteiger partial charge < -0.3 is 19.3 Å². The van der Waals surface area contributed by atoms with Gasteiger partial charge in [-0.1, -0.05) is 0 Å². The molecule has 1 aromatic rings. The predicted molar refractivity (Wildman–Crippen MR) is 80.2 cm³/mol. The highest BCUT2D eigenvalue weighted by atomic mass is 79.9. The summed E-state index contributed by atoms with van der Waals surface area (Å²) in [5, 5.41) is 8.85. The van der Waals surface area contributed by atoms with Gasteiger partial charge >= 0.3 is 5.97 Å². The van der Waals surface area contributed by atoms with Crippen molar-refractivity contribution in [2.45, 2.75) is 25.4 Å². The largest absolute Gasteiger partial charge is 0.481 e. The van der Waals surface area contributed by atoms with Crippen molar-refractivity contribution < 1.29 is 19.4 Å². The summed E-state index contributed by atoms with van der Waals surface area (Å²) in [7, 11) is 1.79. The number of aliphatic carboxylic acids is 1. The predicted octanol–water partition coefficient (Wildman–Crippen LogP) is 1.88. The lowest BCUT2D eigenvalue weighted by Crippen LogP contribution is -2.39. The van der Waals surface area contributed by atoms with E-state index in [9.17, 15) is 9.59 Å². The second-order valence-corrected chi connectivity index (χ2v) is 6.10. The molecule has 1 saturated heterocycles. The first-order valence-corrected chi connectivity index (χ1v) is 7.71. The summed E-state index contributed by atoms with van der Waals surface area (Å²) in [6.07, 6.45) is 3.64. The number of amides is 1. The fourth-order valence-electron chi connectivity index (χ4n) is 2.44. The average molecular weight is 359 g/mol. The summed E-state index contributed by atoms with van der Waals surface area (Å²) in [5.41, 5.74) is 0.533. The number of carboxylic acids is 1. The molecule has 2 rings (SSSR count). The van der Waals surface area contributed by atoms with E-state index in [4.69, 9.17) is 9.84 Å². The standard InChI is InChI=1S/C14H19BrN2O4/c1-16-8-10(15)7-12(16)14(20)17(5-4-13(18)19)9-11-3-2-6-21-11/h7-8,11H,2-6,9H2,1H3,(H,18,19)/t11-/m0/s1. The molecule has 21 heavy (non-hydrogen) atoms. The number of rotatable bonds is 6. The number of hydrogen-bond acceptors (Lipinski definition) is 3. The second-order valence-electron chi connectivity index (χ2n) is 5.18. The molecule has 7 heteroatoms. The van der Waals surface area contributed by atoms with Crippen LogP contribution in [0.1, 0.15) is 29.8 Å². The summed E-state index contributed by atoms with van der Waals surface area (Å²) in [4.78, 5) is 25.0. The number of aromatic nitrogens is 1. The Bertz CT molecular complexity index is 523. The zero-order valence-electron chi connectivity index (χ0n) is 11.9. The first-order chi connectivity index (χ1) is 9.97. The number of carbonyl (C=O) groups is 2. The molecule has 0 unspecified atom stereocenters. The van der Waals surface area contributed by atoms with Gasteiger partial charge in [-0.2, -0.15) is 0 Å². The minimum Gasteiger partial charge on any atom is -0.481 e. The number of halogens is 1. The zero-order chi connectivity index (χ0) is 15.4. The molecule has 1 aliphatic heterocycles. The molecule has 0 saturated carbocycles. The first-order valence-electron chi connectivity index (χ1n) is 6.92. The van der Waals surface area contributed by atoms with Gasteiger partial charge in [-0.3, -0.25) is 9.59 Å². The van der Waals surface area contributed by atoms with E-state index < -0.39 is 5.97 Å². The molecular formula is C14H19BrN2O4. The van der Waals surface area contributed by atoms with Gasteiger partial charge in [0.15, 0.2) is 0 Å². The van der Waals surface area contributed by atoms with Gasteiger partial charge in [0.25, 0.3) is 5.91 Å². The Balaban J connectivity index is 2.10. The minimum atomic E-state index is -0.909. The summed E-state index contributed by atoms with van der Waals surface area (Å²) < 4.78 is 8.11. The van der Waals surface area contributed by atoms with Crippen molar-refractivity contribution >= 4 is 27.8 Å². The topological polar surface area (TPSA) is 71.8 Å². The lowest BCUT2D eigenvalue weighted by molar-refractivity contribution is -0.137. The van der Waals surface area contributed by atoms with Crippen molar-refractivity contribution in [3.05, 3.63) is 22.4 Å². The third-order valence-corrected chi connectivity index (χ3v) is 3.96. The van der Waals surface area contributed by atoms with E-state index in [2.05, 4.69) is 15.9 Å². The van der Waals surface area contributed by atoms with Gasteiger partial charge in [0, 0.05) is 37.4 Å². The Morgan fingerprint density at radius 1 is 1.57 bits per heavy atom. The van der Waals surface area contributed by atoms with Crippen LogP contribution in [0.25, 0.3) is 0 Å². The molecular weight excluding hydrogens is 340 g/mol. The van der Waals surface area contributed by atoms with Crippen LogP contribution in [0.2, 0.25) is 0 Å². The molecule has 1 N–H and O–H groups in total. The van der Waals surface area contributed by atoms with Crippen LogP contribution < -0.4 is 0 Å². The molecule has 1 atom stereocenters. The Hall–Kier alpha value is -1.34. The Morgan fingerprint density at radius 2 is 2.33 bits per heavy atom. The van der Waals surface area contributed by atoms with E-state index in [1.54, 1.807) is 28.8 Å². The normalized spacial score (nSPS) is 17.9. The third-order valence-electron chi connectivity index (χ3n) is 3.52. The van der Waals surface area contributed by atoms with Gasteiger partial charge in [-0.05, 0) is 34.8 Å². The molecule has 1 aliphatic rings. The molecule has 0 radical (unpaired) electrons. The van der Waals surface area contributed by atoms with Crippen LogP contribution in [-0.4, -0.2) is 52.3 Å². The fourth-order valence-corrected chi connectivity index (χ4v) is 2.96. The van der Waals surface area contributed by atoms with Crippen LogP contribution in [0.5, 0.6) is 0 Å². The first kappa shape index (κ1) is 16.0. The number of ether oxygens (including phenoxy) is 1. The fraction of sp³-hybridized carbons (Fsp3) is 0.571. The number of carboxylic acid groups (broad SMARTS) is 1. The van der Waals surface area contributed by atoms with Crippen LogP contribution in [0.4, 0.5) is 0 Å². The van der Waals surface area contributed by atoms with Crippen molar-refractivity contribution in [2.24, 2.45) is 7.05 Å². The highest BCUT2D eigenvalue weighted by Crippen LogP contribution is 2.18. The molecule has 2 heterocycles. The maximum Gasteiger partial charge on any atom is 0.305 e.